The summed E-state index contributed by atoms with van der Waals surface area (Å²) in [6.07, 6.45) is 7.87. The Morgan fingerprint density at radius 3 is 2.46 bits per heavy atom. The number of benzene rings is 1. The summed E-state index contributed by atoms with van der Waals surface area (Å²) in [6, 6.07) is 10.3. The van der Waals surface area contributed by atoms with E-state index in [9.17, 15) is 4.21 Å². The van der Waals surface area contributed by atoms with Crippen LogP contribution < -0.4 is 0 Å². The molecule has 1 fully saturated rings. The Kier molecular flexibility index (Phi) is 7.63. The van der Waals surface area contributed by atoms with Crippen LogP contribution >= 0.6 is 0 Å². The van der Waals surface area contributed by atoms with Gasteiger partial charge < -0.3 is 4.74 Å². The Hall–Kier alpha value is -1.00. The third kappa shape index (κ3) is 6.86. The topological polar surface area (TPSA) is 38.7 Å². The van der Waals surface area contributed by atoms with Crippen molar-refractivity contribution in [3.63, 3.8) is 0 Å². The first-order valence-electron chi connectivity index (χ1n) is 9.03. The van der Waals surface area contributed by atoms with Crippen molar-refractivity contribution in [2.75, 3.05) is 6.61 Å². The smallest absolute Gasteiger partial charge is 0.144 e. The van der Waals surface area contributed by atoms with Crippen molar-refractivity contribution in [1.29, 1.82) is 0 Å². The number of hydrogen-bond donors (Lipinski definition) is 0. The van der Waals surface area contributed by atoms with E-state index in [1.807, 2.05) is 45.2 Å². The number of nitrogens with zero attached hydrogens (tertiary/aromatic N) is 1. The van der Waals surface area contributed by atoms with Gasteiger partial charge in [0, 0.05) is 12.8 Å². The van der Waals surface area contributed by atoms with Crippen LogP contribution in [0, 0.1) is 11.8 Å². The largest absolute Gasteiger partial charge is 0.377 e. The highest BCUT2D eigenvalue weighted by Gasteiger charge is 2.22. The van der Waals surface area contributed by atoms with Crippen molar-refractivity contribution in [2.45, 2.75) is 64.2 Å². The molecule has 1 aromatic rings. The highest BCUT2D eigenvalue weighted by atomic mass is 32.2. The number of hydrogen-bond acceptors (Lipinski definition) is 2. The second-order valence-electron chi connectivity index (χ2n) is 7.72. The zero-order valence-corrected chi connectivity index (χ0v) is 16.1. The maximum absolute atomic E-state index is 12.0. The molecule has 1 atom stereocenters. The standard InChI is InChI=1S/C20H31NO2S/c1-20(2,3)24(22)21-15-18-11-9-17(10-12-18)13-14-23-16-19-7-5-4-6-8-19/h4-8,15,17-18H,9-14,16H2,1-3H3/b21-15+/t17?,18?,24-/m1/s1. The molecule has 1 aromatic carbocycles. The van der Waals surface area contributed by atoms with Crippen LogP contribution in [0.1, 0.15) is 58.4 Å². The molecule has 1 aliphatic rings. The fourth-order valence-corrected chi connectivity index (χ4v) is 3.54. The van der Waals surface area contributed by atoms with Crippen molar-refractivity contribution in [2.24, 2.45) is 16.2 Å². The van der Waals surface area contributed by atoms with E-state index in [1.54, 1.807) is 0 Å². The molecular formula is C20H31NO2S. The van der Waals surface area contributed by atoms with Crippen LogP contribution in [0.25, 0.3) is 0 Å². The van der Waals surface area contributed by atoms with Crippen molar-refractivity contribution in [3.8, 4) is 0 Å². The maximum atomic E-state index is 12.0. The lowest BCUT2D eigenvalue weighted by molar-refractivity contribution is 0.100. The maximum Gasteiger partial charge on any atom is 0.144 e. The molecule has 0 saturated heterocycles. The molecule has 0 aromatic heterocycles. The van der Waals surface area contributed by atoms with Gasteiger partial charge in [0.05, 0.1) is 11.4 Å². The molecule has 0 radical (unpaired) electrons. The molecule has 0 aliphatic heterocycles. The third-order valence-electron chi connectivity index (χ3n) is 4.56. The Morgan fingerprint density at radius 2 is 1.83 bits per heavy atom. The molecule has 0 spiro atoms. The van der Waals surface area contributed by atoms with Crippen molar-refractivity contribution in [1.82, 2.24) is 0 Å². The van der Waals surface area contributed by atoms with Crippen LogP contribution in [-0.4, -0.2) is 21.8 Å². The normalized spacial score (nSPS) is 23.5. The summed E-state index contributed by atoms with van der Waals surface area (Å²) < 4.78 is 21.8. The second-order valence-corrected chi connectivity index (χ2v) is 9.66. The van der Waals surface area contributed by atoms with Crippen LogP contribution in [0.4, 0.5) is 0 Å². The van der Waals surface area contributed by atoms with Gasteiger partial charge in [-0.15, -0.1) is 0 Å². The van der Waals surface area contributed by atoms with Crippen molar-refractivity contribution in [3.05, 3.63) is 35.9 Å². The number of ether oxygens (including phenoxy) is 1. The zero-order valence-electron chi connectivity index (χ0n) is 15.2. The SMILES string of the molecule is CC(C)(C)[S@@](=O)/N=C/C1CCC(CCOCc2ccccc2)CC1. The van der Waals surface area contributed by atoms with Crippen LogP contribution in [0.3, 0.4) is 0 Å². The lowest BCUT2D eigenvalue weighted by atomic mass is 9.81. The van der Waals surface area contributed by atoms with Gasteiger partial charge in [-0.25, -0.2) is 4.21 Å². The van der Waals surface area contributed by atoms with Crippen LogP contribution in [0.15, 0.2) is 34.7 Å². The molecule has 0 N–H and O–H groups in total. The fourth-order valence-electron chi connectivity index (χ4n) is 2.94. The summed E-state index contributed by atoms with van der Waals surface area (Å²) in [7, 11) is -1.12. The first-order chi connectivity index (χ1) is 11.4. The van der Waals surface area contributed by atoms with Gasteiger partial charge in [-0.1, -0.05) is 30.3 Å². The summed E-state index contributed by atoms with van der Waals surface area (Å²) in [5.74, 6) is 1.26. The molecular weight excluding hydrogens is 318 g/mol. The summed E-state index contributed by atoms with van der Waals surface area (Å²) >= 11 is 0. The molecule has 2 rings (SSSR count). The minimum absolute atomic E-state index is 0.260. The Bertz CT molecular complexity index is 528. The van der Waals surface area contributed by atoms with E-state index in [-0.39, 0.29) is 4.75 Å². The predicted molar refractivity (Wildman–Crippen MR) is 103 cm³/mol. The molecule has 0 heterocycles. The Balaban J connectivity index is 1.61. The summed E-state index contributed by atoms with van der Waals surface area (Å²) in [5, 5.41) is 0. The molecule has 0 unspecified atom stereocenters. The van der Waals surface area contributed by atoms with Gasteiger partial charge >= 0.3 is 0 Å². The van der Waals surface area contributed by atoms with Gasteiger partial charge in [0.25, 0.3) is 0 Å². The van der Waals surface area contributed by atoms with Gasteiger partial charge in [0.2, 0.25) is 0 Å². The molecule has 0 amide bonds. The van der Waals surface area contributed by atoms with Crippen molar-refractivity contribution >= 4 is 17.2 Å². The van der Waals surface area contributed by atoms with Gasteiger partial charge in [-0.3, -0.25) is 0 Å². The van der Waals surface area contributed by atoms with Crippen LogP contribution in [-0.2, 0) is 22.3 Å². The van der Waals surface area contributed by atoms with Crippen molar-refractivity contribution < 1.29 is 8.95 Å². The van der Waals surface area contributed by atoms with Gasteiger partial charge in [-0.05, 0) is 70.3 Å². The molecule has 134 valence electrons. The number of rotatable bonds is 7. The monoisotopic (exact) mass is 349 g/mol. The summed E-state index contributed by atoms with van der Waals surface area (Å²) in [5.41, 5.74) is 1.24. The molecule has 4 heteroatoms. The lowest BCUT2D eigenvalue weighted by Crippen LogP contribution is -2.21. The first kappa shape index (κ1) is 19.3. The lowest BCUT2D eigenvalue weighted by Gasteiger charge is -2.26. The fraction of sp³-hybridized carbons (Fsp3) is 0.650. The Labute approximate surface area is 149 Å². The molecule has 24 heavy (non-hydrogen) atoms. The van der Waals surface area contributed by atoms with Crippen LogP contribution in [0.5, 0.6) is 0 Å². The summed E-state index contributed by atoms with van der Waals surface area (Å²) in [6.45, 7) is 7.44. The molecule has 1 aliphatic carbocycles. The van der Waals surface area contributed by atoms with E-state index in [1.165, 1.54) is 18.4 Å². The zero-order chi connectivity index (χ0) is 17.4. The average Bonchev–Trinajstić information content (AvgIpc) is 2.57. The third-order valence-corrected chi connectivity index (χ3v) is 5.93. The molecule has 0 bridgehead atoms. The minimum atomic E-state index is -1.12. The highest BCUT2D eigenvalue weighted by molar-refractivity contribution is 7.85. The van der Waals surface area contributed by atoms with Gasteiger partial charge in [0.1, 0.15) is 11.0 Å². The first-order valence-corrected chi connectivity index (χ1v) is 10.1. The van der Waals surface area contributed by atoms with E-state index in [2.05, 4.69) is 16.5 Å². The van der Waals surface area contributed by atoms with E-state index >= 15 is 0 Å². The quantitative estimate of drug-likeness (QED) is 0.517. The van der Waals surface area contributed by atoms with E-state index in [0.29, 0.717) is 12.5 Å². The highest BCUT2D eigenvalue weighted by Crippen LogP contribution is 2.30. The Morgan fingerprint density at radius 1 is 1.17 bits per heavy atom. The van der Waals surface area contributed by atoms with E-state index < -0.39 is 11.0 Å². The predicted octanol–water partition coefficient (Wildman–Crippen LogP) is 4.93. The van der Waals surface area contributed by atoms with Gasteiger partial charge in [-0.2, -0.15) is 4.40 Å². The average molecular weight is 350 g/mol. The minimum Gasteiger partial charge on any atom is -0.377 e. The molecule has 3 nitrogen and oxygen atoms in total. The van der Waals surface area contributed by atoms with Gasteiger partial charge in [0.15, 0.2) is 0 Å². The second kappa shape index (κ2) is 9.47. The van der Waals surface area contributed by atoms with Crippen LogP contribution in [0.2, 0.25) is 0 Å². The van der Waals surface area contributed by atoms with E-state index in [0.717, 1.165) is 31.8 Å². The summed E-state index contributed by atoms with van der Waals surface area (Å²) in [4.78, 5) is 0. The van der Waals surface area contributed by atoms with E-state index in [4.69, 9.17) is 4.74 Å². The molecule has 1 saturated carbocycles.